The van der Waals surface area contributed by atoms with Gasteiger partial charge in [-0.2, -0.15) is 0 Å². The van der Waals surface area contributed by atoms with Crippen molar-refractivity contribution in [2.24, 2.45) is 17.8 Å². The van der Waals surface area contributed by atoms with Gasteiger partial charge in [-0.15, -0.1) is 0 Å². The van der Waals surface area contributed by atoms with E-state index in [4.69, 9.17) is 37.0 Å². The molecular weight excluding hydrogens is 1150 g/mol. The second-order valence-electron chi connectivity index (χ2n) is 25.8. The molecular formula is C68H132O17P2. The van der Waals surface area contributed by atoms with Crippen LogP contribution < -0.4 is 0 Å². The first-order chi connectivity index (χ1) is 41.8. The van der Waals surface area contributed by atoms with Crippen LogP contribution in [0.2, 0.25) is 0 Å². The van der Waals surface area contributed by atoms with Gasteiger partial charge in [0, 0.05) is 25.7 Å². The van der Waals surface area contributed by atoms with E-state index >= 15 is 0 Å². The molecule has 516 valence electrons. The molecule has 0 heterocycles. The largest absolute Gasteiger partial charge is 0.472 e. The van der Waals surface area contributed by atoms with Crippen molar-refractivity contribution >= 4 is 39.5 Å². The summed E-state index contributed by atoms with van der Waals surface area (Å²) < 4.78 is 68.2. The highest BCUT2D eigenvalue weighted by molar-refractivity contribution is 7.47. The van der Waals surface area contributed by atoms with Crippen molar-refractivity contribution in [1.29, 1.82) is 0 Å². The van der Waals surface area contributed by atoms with Crippen molar-refractivity contribution in [2.75, 3.05) is 39.6 Å². The molecule has 3 unspecified atom stereocenters. The van der Waals surface area contributed by atoms with E-state index in [1.807, 2.05) is 0 Å². The number of phosphoric ester groups is 2. The van der Waals surface area contributed by atoms with E-state index < -0.39 is 97.5 Å². The molecule has 0 saturated heterocycles. The van der Waals surface area contributed by atoms with Gasteiger partial charge in [-0.25, -0.2) is 9.13 Å². The average molecular weight is 1280 g/mol. The molecule has 0 aromatic rings. The Kier molecular flexibility index (Phi) is 57.8. The van der Waals surface area contributed by atoms with Gasteiger partial charge in [0.15, 0.2) is 12.2 Å². The smallest absolute Gasteiger partial charge is 0.462 e. The first kappa shape index (κ1) is 85.1. The number of aliphatic hydroxyl groups excluding tert-OH is 1. The minimum atomic E-state index is -4.95. The van der Waals surface area contributed by atoms with Crippen molar-refractivity contribution in [3.63, 3.8) is 0 Å². The molecule has 0 aromatic carbocycles. The Morgan fingerprint density at radius 3 is 0.874 bits per heavy atom. The highest BCUT2D eigenvalue weighted by Gasteiger charge is 2.30. The average Bonchev–Trinajstić information content (AvgIpc) is 3.64. The summed E-state index contributed by atoms with van der Waals surface area (Å²) in [6.45, 7) is 11.8. The standard InChI is InChI=1S/C68H132O17P2/c1-8-10-11-12-13-14-16-20-29-37-44-51-67(72)85-64(56-79-66(71)50-43-36-31-24-26-33-40-47-60(5)6)58-83-87(76,77)81-54-62(69)53-80-86(74,75)82-57-63(55-78-65(70)49-42-35-28-23-22-27-34-41-48-61(7)9-2)84-68(73)52-45-38-30-21-18-15-17-19-25-32-39-46-59(3)4/h59-64,69H,8-58H2,1-7H3,(H,74,75)(H,76,77)/t61?,62-,63-,64-/m1/s1. The monoisotopic (exact) mass is 1280 g/mol. The molecule has 0 fully saturated rings. The topological polar surface area (TPSA) is 237 Å². The van der Waals surface area contributed by atoms with Crippen LogP contribution in [0.15, 0.2) is 0 Å². The van der Waals surface area contributed by atoms with Gasteiger partial charge in [0.05, 0.1) is 26.4 Å². The number of phosphoric acid groups is 2. The molecule has 87 heavy (non-hydrogen) atoms. The molecule has 0 rings (SSSR count). The molecule has 0 aliphatic heterocycles. The third-order valence-corrected chi connectivity index (χ3v) is 17.9. The van der Waals surface area contributed by atoms with Crippen LogP contribution in [0.5, 0.6) is 0 Å². The van der Waals surface area contributed by atoms with Crippen LogP contribution in [0, 0.1) is 17.8 Å². The zero-order valence-corrected chi connectivity index (χ0v) is 58.3. The number of aliphatic hydroxyl groups is 1. The molecule has 6 atom stereocenters. The normalized spacial score (nSPS) is 14.6. The molecule has 0 bridgehead atoms. The molecule has 0 saturated carbocycles. The summed E-state index contributed by atoms with van der Waals surface area (Å²) in [6.07, 6.45) is 41.6. The van der Waals surface area contributed by atoms with Gasteiger partial charge in [0.1, 0.15) is 19.3 Å². The minimum absolute atomic E-state index is 0.106. The zero-order valence-electron chi connectivity index (χ0n) is 56.5. The Bertz CT molecular complexity index is 1720. The lowest BCUT2D eigenvalue weighted by atomic mass is 9.99. The zero-order chi connectivity index (χ0) is 64.5. The van der Waals surface area contributed by atoms with Crippen molar-refractivity contribution in [3.05, 3.63) is 0 Å². The van der Waals surface area contributed by atoms with Gasteiger partial charge in [-0.3, -0.25) is 37.3 Å². The van der Waals surface area contributed by atoms with E-state index in [9.17, 15) is 43.2 Å². The highest BCUT2D eigenvalue weighted by Crippen LogP contribution is 2.45. The summed E-state index contributed by atoms with van der Waals surface area (Å²) in [5.74, 6) is 0.119. The lowest BCUT2D eigenvalue weighted by Crippen LogP contribution is -2.30. The number of hydrogen-bond acceptors (Lipinski definition) is 15. The SMILES string of the molecule is CCCCCCCCCCCCCC(=O)O[C@H](COC(=O)CCCCCCCCCC(C)C)COP(=O)(O)OC[C@H](O)COP(=O)(O)OC[C@@H](COC(=O)CCCCCCCCCCC(C)CC)OC(=O)CCCCCCCCCCCCCC(C)C. The lowest BCUT2D eigenvalue weighted by molar-refractivity contribution is -0.161. The predicted molar refractivity (Wildman–Crippen MR) is 349 cm³/mol. The molecule has 0 aliphatic rings. The second-order valence-corrected chi connectivity index (χ2v) is 28.7. The number of carbonyl (C=O) groups excluding carboxylic acids is 4. The number of carbonyl (C=O) groups is 4. The van der Waals surface area contributed by atoms with Crippen molar-refractivity contribution in [1.82, 2.24) is 0 Å². The molecule has 3 N–H and O–H groups in total. The first-order valence-corrected chi connectivity index (χ1v) is 38.4. The van der Waals surface area contributed by atoms with E-state index in [0.717, 1.165) is 108 Å². The Hall–Kier alpha value is -1.94. The summed E-state index contributed by atoms with van der Waals surface area (Å²) in [6, 6.07) is 0. The van der Waals surface area contributed by atoms with E-state index in [1.54, 1.807) is 0 Å². The number of ether oxygens (including phenoxy) is 4. The lowest BCUT2D eigenvalue weighted by Gasteiger charge is -2.21. The molecule has 0 amide bonds. The summed E-state index contributed by atoms with van der Waals surface area (Å²) >= 11 is 0. The van der Waals surface area contributed by atoms with Crippen molar-refractivity contribution in [2.45, 2.75) is 356 Å². The van der Waals surface area contributed by atoms with Crippen molar-refractivity contribution < 1.29 is 80.2 Å². The van der Waals surface area contributed by atoms with E-state index in [2.05, 4.69) is 48.5 Å². The van der Waals surface area contributed by atoms with Crippen LogP contribution in [0.4, 0.5) is 0 Å². The number of esters is 4. The highest BCUT2D eigenvalue weighted by atomic mass is 31.2. The summed E-state index contributed by atoms with van der Waals surface area (Å²) in [5.41, 5.74) is 0. The fraction of sp³-hybridized carbons (Fsp3) is 0.941. The van der Waals surface area contributed by atoms with Gasteiger partial charge in [-0.1, -0.05) is 286 Å². The van der Waals surface area contributed by atoms with Gasteiger partial charge in [0.25, 0.3) is 0 Å². The molecule has 0 spiro atoms. The molecule has 0 aromatic heterocycles. The van der Waals surface area contributed by atoms with E-state index in [-0.39, 0.29) is 25.7 Å². The van der Waals surface area contributed by atoms with E-state index in [1.165, 1.54) is 141 Å². The molecule has 0 aliphatic carbocycles. The molecule has 17 nitrogen and oxygen atoms in total. The Labute approximate surface area is 530 Å². The maximum Gasteiger partial charge on any atom is 0.472 e. The summed E-state index contributed by atoms with van der Waals surface area (Å²) in [4.78, 5) is 72.4. The Balaban J connectivity index is 5.26. The van der Waals surface area contributed by atoms with Gasteiger partial charge < -0.3 is 33.8 Å². The van der Waals surface area contributed by atoms with E-state index in [0.29, 0.717) is 31.6 Å². The molecule has 0 radical (unpaired) electrons. The van der Waals surface area contributed by atoms with Gasteiger partial charge >= 0.3 is 39.5 Å². The Morgan fingerprint density at radius 2 is 0.586 bits per heavy atom. The fourth-order valence-electron chi connectivity index (χ4n) is 10.2. The number of unbranched alkanes of at least 4 members (excludes halogenated alkanes) is 33. The quantitative estimate of drug-likeness (QED) is 0.0222. The minimum Gasteiger partial charge on any atom is -0.462 e. The number of rotatable bonds is 66. The van der Waals surface area contributed by atoms with Crippen molar-refractivity contribution in [3.8, 4) is 0 Å². The third kappa shape index (κ3) is 61.3. The number of hydrogen-bond donors (Lipinski definition) is 3. The van der Waals surface area contributed by atoms with Gasteiger partial charge in [0.2, 0.25) is 0 Å². The van der Waals surface area contributed by atoms with Gasteiger partial charge in [-0.05, 0) is 43.4 Å². The first-order valence-electron chi connectivity index (χ1n) is 35.4. The third-order valence-electron chi connectivity index (χ3n) is 16.0. The summed E-state index contributed by atoms with van der Waals surface area (Å²) in [7, 11) is -9.90. The summed E-state index contributed by atoms with van der Waals surface area (Å²) in [5, 5.41) is 10.6. The predicted octanol–water partition coefficient (Wildman–Crippen LogP) is 19.1. The van der Waals surface area contributed by atoms with Crippen LogP contribution in [-0.2, 0) is 65.4 Å². The van der Waals surface area contributed by atoms with Crippen LogP contribution in [0.1, 0.15) is 337 Å². The molecule has 19 heteroatoms. The maximum absolute atomic E-state index is 13.0. The maximum atomic E-state index is 13.0. The van der Waals surface area contributed by atoms with Crippen LogP contribution >= 0.6 is 15.6 Å². The Morgan fingerprint density at radius 1 is 0.333 bits per heavy atom. The van der Waals surface area contributed by atoms with Crippen LogP contribution in [0.3, 0.4) is 0 Å². The second kappa shape index (κ2) is 59.1. The fourth-order valence-corrected chi connectivity index (χ4v) is 11.7. The van der Waals surface area contributed by atoms with Crippen LogP contribution in [-0.4, -0.2) is 96.7 Å². The van der Waals surface area contributed by atoms with Crippen LogP contribution in [0.25, 0.3) is 0 Å².